The molecule has 0 radical (unpaired) electrons. The Bertz CT molecular complexity index is 889. The Kier molecular flexibility index (Phi) is 4.55. The molecule has 114 valence electrons. The zero-order valence-electron chi connectivity index (χ0n) is 12.5. The predicted molar refractivity (Wildman–Crippen MR) is 91.8 cm³/mol. The van der Waals surface area contributed by atoms with Crippen molar-refractivity contribution in [2.45, 2.75) is 0 Å². The normalized spacial score (nSPS) is 9.96. The lowest BCUT2D eigenvalue weighted by Crippen LogP contribution is -2.23. The first kappa shape index (κ1) is 15.1. The van der Waals surface area contributed by atoms with E-state index in [1.807, 2.05) is 36.4 Å². The summed E-state index contributed by atoms with van der Waals surface area (Å²) in [4.78, 5) is 16.3. The van der Waals surface area contributed by atoms with E-state index in [0.29, 0.717) is 12.1 Å². The maximum absolute atomic E-state index is 12.1. The Morgan fingerprint density at radius 2 is 2.09 bits per heavy atom. The standard InChI is InChI=1S/C18H14N2O2S/c1-22-15-7-4-13(5-8-15)3-2-10-19-18(21)14-6-9-16-17(11-14)23-12-20-16/h4-9,11-12H,10H2,1H3,(H,19,21). The maximum atomic E-state index is 12.1. The molecule has 0 aliphatic carbocycles. The molecule has 1 heterocycles. The zero-order valence-corrected chi connectivity index (χ0v) is 13.3. The fraction of sp³-hybridized carbons (Fsp3) is 0.111. The number of nitrogens with zero attached hydrogens (tertiary/aromatic N) is 1. The van der Waals surface area contributed by atoms with Crippen molar-refractivity contribution in [2.24, 2.45) is 0 Å². The second kappa shape index (κ2) is 6.95. The van der Waals surface area contributed by atoms with Gasteiger partial charge in [0.1, 0.15) is 5.75 Å². The lowest BCUT2D eigenvalue weighted by molar-refractivity contribution is 0.0959. The maximum Gasteiger partial charge on any atom is 0.252 e. The van der Waals surface area contributed by atoms with E-state index in [1.54, 1.807) is 18.7 Å². The van der Waals surface area contributed by atoms with Crippen LogP contribution in [0.4, 0.5) is 0 Å². The molecular formula is C18H14N2O2S. The number of thiazole rings is 1. The number of carbonyl (C=O) groups excluding carboxylic acids is 1. The second-order valence-electron chi connectivity index (χ2n) is 4.75. The van der Waals surface area contributed by atoms with E-state index in [2.05, 4.69) is 22.1 Å². The number of aromatic nitrogens is 1. The fourth-order valence-corrected chi connectivity index (χ4v) is 2.76. The summed E-state index contributed by atoms with van der Waals surface area (Å²) in [6.07, 6.45) is 0. The predicted octanol–water partition coefficient (Wildman–Crippen LogP) is 3.09. The van der Waals surface area contributed by atoms with Crippen molar-refractivity contribution >= 4 is 27.5 Å². The minimum Gasteiger partial charge on any atom is -0.497 e. The van der Waals surface area contributed by atoms with Gasteiger partial charge in [0.15, 0.2) is 0 Å². The van der Waals surface area contributed by atoms with Crippen molar-refractivity contribution in [3.8, 4) is 17.6 Å². The van der Waals surface area contributed by atoms with Crippen LogP contribution in [0.3, 0.4) is 0 Å². The lowest BCUT2D eigenvalue weighted by Gasteiger charge is -2.01. The van der Waals surface area contributed by atoms with Gasteiger partial charge < -0.3 is 10.1 Å². The van der Waals surface area contributed by atoms with Gasteiger partial charge in [-0.25, -0.2) is 4.98 Å². The molecule has 0 spiro atoms. The number of hydrogen-bond donors (Lipinski definition) is 1. The summed E-state index contributed by atoms with van der Waals surface area (Å²) in [5.41, 5.74) is 4.18. The molecule has 0 aliphatic rings. The van der Waals surface area contributed by atoms with E-state index in [-0.39, 0.29) is 5.91 Å². The van der Waals surface area contributed by atoms with E-state index in [4.69, 9.17) is 4.74 Å². The Labute approximate surface area is 138 Å². The largest absolute Gasteiger partial charge is 0.497 e. The van der Waals surface area contributed by atoms with Crippen molar-refractivity contribution < 1.29 is 9.53 Å². The quantitative estimate of drug-likeness (QED) is 0.754. The van der Waals surface area contributed by atoms with Crippen LogP contribution in [0.15, 0.2) is 48.0 Å². The summed E-state index contributed by atoms with van der Waals surface area (Å²) in [5.74, 6) is 6.60. The first-order valence-electron chi connectivity index (χ1n) is 7.00. The number of ether oxygens (including phenoxy) is 1. The molecule has 1 amide bonds. The van der Waals surface area contributed by atoms with Crippen LogP contribution in [0, 0.1) is 11.8 Å². The Hall–Kier alpha value is -2.84. The van der Waals surface area contributed by atoms with Crippen LogP contribution in [-0.4, -0.2) is 24.5 Å². The van der Waals surface area contributed by atoms with Crippen molar-refractivity contribution in [1.29, 1.82) is 0 Å². The van der Waals surface area contributed by atoms with Gasteiger partial charge in [-0.3, -0.25) is 4.79 Å². The van der Waals surface area contributed by atoms with E-state index in [0.717, 1.165) is 21.5 Å². The molecule has 4 nitrogen and oxygen atoms in total. The van der Waals surface area contributed by atoms with Crippen LogP contribution in [0.1, 0.15) is 15.9 Å². The molecule has 0 fully saturated rings. The van der Waals surface area contributed by atoms with Crippen molar-refractivity contribution in [1.82, 2.24) is 10.3 Å². The fourth-order valence-electron chi connectivity index (χ4n) is 2.04. The SMILES string of the molecule is COc1ccc(C#CCNC(=O)c2ccc3ncsc3c2)cc1. The first-order chi connectivity index (χ1) is 11.3. The summed E-state index contributed by atoms with van der Waals surface area (Å²) in [5, 5.41) is 2.80. The molecule has 1 aromatic heterocycles. The number of rotatable bonds is 3. The van der Waals surface area contributed by atoms with Crippen LogP contribution in [0.2, 0.25) is 0 Å². The minimum absolute atomic E-state index is 0.135. The average Bonchev–Trinajstić information content (AvgIpc) is 3.06. The molecule has 23 heavy (non-hydrogen) atoms. The molecule has 0 aliphatic heterocycles. The zero-order chi connectivity index (χ0) is 16.1. The topological polar surface area (TPSA) is 51.2 Å². The Morgan fingerprint density at radius 1 is 1.26 bits per heavy atom. The third kappa shape index (κ3) is 3.68. The summed E-state index contributed by atoms with van der Waals surface area (Å²) in [6, 6.07) is 12.9. The number of hydrogen-bond acceptors (Lipinski definition) is 4. The minimum atomic E-state index is -0.135. The van der Waals surface area contributed by atoms with Gasteiger partial charge in [-0.2, -0.15) is 0 Å². The molecule has 1 N–H and O–H groups in total. The highest BCUT2D eigenvalue weighted by Crippen LogP contribution is 2.18. The summed E-state index contributed by atoms with van der Waals surface area (Å²) < 4.78 is 6.09. The van der Waals surface area contributed by atoms with E-state index >= 15 is 0 Å². The van der Waals surface area contributed by atoms with Gasteiger partial charge in [-0.05, 0) is 42.5 Å². The number of carbonyl (C=O) groups is 1. The Balaban J connectivity index is 1.59. The van der Waals surface area contributed by atoms with E-state index in [9.17, 15) is 4.79 Å². The van der Waals surface area contributed by atoms with Gasteiger partial charge in [-0.1, -0.05) is 11.8 Å². The van der Waals surface area contributed by atoms with Crippen LogP contribution >= 0.6 is 11.3 Å². The third-order valence-electron chi connectivity index (χ3n) is 3.25. The molecule has 5 heteroatoms. The van der Waals surface area contributed by atoms with Crippen molar-refractivity contribution in [3.05, 3.63) is 59.1 Å². The molecule has 0 saturated carbocycles. The van der Waals surface area contributed by atoms with Crippen LogP contribution in [0.5, 0.6) is 5.75 Å². The van der Waals surface area contributed by atoms with E-state index in [1.165, 1.54) is 11.3 Å². The second-order valence-corrected chi connectivity index (χ2v) is 5.63. The molecule has 3 rings (SSSR count). The molecule has 0 unspecified atom stereocenters. The van der Waals surface area contributed by atoms with E-state index < -0.39 is 0 Å². The van der Waals surface area contributed by atoms with Crippen LogP contribution in [0.25, 0.3) is 10.2 Å². The third-order valence-corrected chi connectivity index (χ3v) is 4.05. The summed E-state index contributed by atoms with van der Waals surface area (Å²) in [6.45, 7) is 0.297. The number of methoxy groups -OCH3 is 1. The highest BCUT2D eigenvalue weighted by Gasteiger charge is 2.06. The van der Waals surface area contributed by atoms with Crippen LogP contribution < -0.4 is 10.1 Å². The lowest BCUT2D eigenvalue weighted by atomic mass is 10.2. The molecule has 3 aromatic rings. The van der Waals surface area contributed by atoms with Crippen molar-refractivity contribution in [3.63, 3.8) is 0 Å². The number of benzene rings is 2. The molecule has 0 atom stereocenters. The van der Waals surface area contributed by atoms with Crippen LogP contribution in [-0.2, 0) is 0 Å². The number of amides is 1. The molecule has 2 aromatic carbocycles. The Morgan fingerprint density at radius 3 is 2.87 bits per heavy atom. The van der Waals surface area contributed by atoms with Gasteiger partial charge >= 0.3 is 0 Å². The number of fused-ring (bicyclic) bond motifs is 1. The van der Waals surface area contributed by atoms with Gasteiger partial charge in [0.2, 0.25) is 0 Å². The monoisotopic (exact) mass is 322 g/mol. The summed E-state index contributed by atoms with van der Waals surface area (Å²) >= 11 is 1.52. The highest BCUT2D eigenvalue weighted by atomic mass is 32.1. The number of nitrogens with one attached hydrogen (secondary N) is 1. The molecule has 0 bridgehead atoms. The summed E-state index contributed by atoms with van der Waals surface area (Å²) in [7, 11) is 1.62. The highest BCUT2D eigenvalue weighted by molar-refractivity contribution is 7.16. The smallest absolute Gasteiger partial charge is 0.252 e. The van der Waals surface area contributed by atoms with Gasteiger partial charge in [0.05, 0.1) is 29.4 Å². The molecule has 0 saturated heterocycles. The van der Waals surface area contributed by atoms with Gasteiger partial charge in [0, 0.05) is 11.1 Å². The molecular weight excluding hydrogens is 308 g/mol. The average molecular weight is 322 g/mol. The first-order valence-corrected chi connectivity index (χ1v) is 7.88. The van der Waals surface area contributed by atoms with Crippen molar-refractivity contribution in [2.75, 3.05) is 13.7 Å². The van der Waals surface area contributed by atoms with Gasteiger partial charge in [0.25, 0.3) is 5.91 Å². The van der Waals surface area contributed by atoms with Gasteiger partial charge in [-0.15, -0.1) is 11.3 Å².